The van der Waals surface area contributed by atoms with Gasteiger partial charge in [-0.05, 0) is 59.6 Å². The van der Waals surface area contributed by atoms with E-state index in [4.69, 9.17) is 16.3 Å². The van der Waals surface area contributed by atoms with Crippen LogP contribution in [0.25, 0.3) is 0 Å². The largest absolute Gasteiger partial charge is 0.489 e. The smallest absolute Gasteiger partial charge is 0.162 e. The third kappa shape index (κ3) is 5.05. The zero-order valence-electron chi connectivity index (χ0n) is 22.1. The summed E-state index contributed by atoms with van der Waals surface area (Å²) in [5.41, 5.74) is 5.17. The van der Waals surface area contributed by atoms with E-state index < -0.39 is 5.92 Å². The van der Waals surface area contributed by atoms with Crippen LogP contribution in [-0.2, 0) is 16.2 Å². The first kappa shape index (κ1) is 26.2. The number of benzene rings is 2. The Hall–Kier alpha value is -2.37. The number of ketones is 2. The highest BCUT2D eigenvalue weighted by Gasteiger charge is 2.48. The molecule has 0 unspecified atom stereocenters. The number of rotatable bonds is 4. The van der Waals surface area contributed by atoms with Gasteiger partial charge in [0.15, 0.2) is 11.6 Å². The van der Waals surface area contributed by atoms with Crippen LogP contribution in [0.4, 0.5) is 0 Å². The maximum Gasteiger partial charge on any atom is 0.162 e. The Bertz CT molecular complexity index is 1300. The number of Topliss-reactive ketones (excluding diaryl/α,β-unsaturated/α-hetero) is 2. The summed E-state index contributed by atoms with van der Waals surface area (Å²) >= 11 is 9.70. The van der Waals surface area contributed by atoms with Crippen molar-refractivity contribution in [3.8, 4) is 5.75 Å². The van der Waals surface area contributed by atoms with Crippen molar-refractivity contribution in [2.24, 2.45) is 10.8 Å². The first-order chi connectivity index (χ1) is 17.3. The highest BCUT2D eigenvalue weighted by molar-refractivity contribution is 9.10. The Morgan fingerprint density at radius 3 is 1.97 bits per heavy atom. The van der Waals surface area contributed by atoms with Crippen LogP contribution in [0.15, 0.2) is 69.5 Å². The summed E-state index contributed by atoms with van der Waals surface area (Å²) in [5, 5.41) is 0.677. The highest BCUT2D eigenvalue weighted by atomic mass is 79.9. The molecule has 0 N–H and O–H groups in total. The Labute approximate surface area is 232 Å². The van der Waals surface area contributed by atoms with Crippen molar-refractivity contribution in [1.29, 1.82) is 0 Å². The Kier molecular flexibility index (Phi) is 6.69. The molecule has 0 amide bonds. The second kappa shape index (κ2) is 9.43. The van der Waals surface area contributed by atoms with Gasteiger partial charge in [0, 0.05) is 63.4 Å². The Morgan fingerprint density at radius 2 is 1.43 bits per heavy atom. The van der Waals surface area contributed by atoms with Gasteiger partial charge < -0.3 is 9.64 Å². The van der Waals surface area contributed by atoms with Crippen LogP contribution in [0.1, 0.15) is 70.4 Å². The molecule has 1 heterocycles. The van der Waals surface area contributed by atoms with Crippen LogP contribution in [-0.4, -0.2) is 23.5 Å². The SMILES string of the molecule is CN1C2=C(C(=O)CC(C)(C)C2)C(c2cc(Br)ccc2OCc2ccc(Cl)cc2)C2=C1CC(C)(C)CC2=O. The van der Waals surface area contributed by atoms with Crippen LogP contribution >= 0.6 is 27.5 Å². The van der Waals surface area contributed by atoms with Crippen LogP contribution in [0.3, 0.4) is 0 Å². The van der Waals surface area contributed by atoms with Crippen LogP contribution in [0.2, 0.25) is 5.02 Å². The van der Waals surface area contributed by atoms with Crippen LogP contribution in [0, 0.1) is 10.8 Å². The summed E-state index contributed by atoms with van der Waals surface area (Å²) in [6.45, 7) is 8.96. The zero-order chi connectivity index (χ0) is 26.7. The van der Waals surface area contributed by atoms with E-state index in [9.17, 15) is 9.59 Å². The van der Waals surface area contributed by atoms with E-state index in [1.54, 1.807) is 0 Å². The summed E-state index contributed by atoms with van der Waals surface area (Å²) in [6.07, 6.45) is 2.52. The van der Waals surface area contributed by atoms with Crippen molar-refractivity contribution < 1.29 is 14.3 Å². The van der Waals surface area contributed by atoms with E-state index >= 15 is 0 Å². The number of hydrogen-bond donors (Lipinski definition) is 0. The van der Waals surface area contributed by atoms with Crippen LogP contribution in [0.5, 0.6) is 5.75 Å². The molecule has 0 bridgehead atoms. The molecule has 0 spiro atoms. The molecule has 0 saturated heterocycles. The van der Waals surface area contributed by atoms with E-state index in [0.717, 1.165) is 51.0 Å². The molecule has 2 aromatic rings. The topological polar surface area (TPSA) is 46.6 Å². The van der Waals surface area contributed by atoms with E-state index in [2.05, 4.69) is 48.5 Å². The molecule has 5 rings (SSSR count). The molecule has 0 fully saturated rings. The minimum Gasteiger partial charge on any atom is -0.489 e. The normalized spacial score (nSPS) is 21.2. The van der Waals surface area contributed by atoms with Gasteiger partial charge in [-0.3, -0.25) is 9.59 Å². The molecule has 2 aromatic carbocycles. The minimum absolute atomic E-state index is 0.121. The van der Waals surface area contributed by atoms with Gasteiger partial charge in [0.2, 0.25) is 0 Å². The summed E-state index contributed by atoms with van der Waals surface area (Å²) in [4.78, 5) is 29.8. The standard InChI is InChI=1S/C31H33BrClNO3/c1-30(2)13-22-28(24(35)15-30)27(29-23(34(22)5)14-31(3,4)16-25(29)36)21-12-19(32)8-11-26(21)37-17-18-6-9-20(33)10-7-18/h6-12,27H,13-17H2,1-5H3. The lowest BCUT2D eigenvalue weighted by molar-refractivity contribution is -0.119. The van der Waals surface area contributed by atoms with Gasteiger partial charge in [-0.25, -0.2) is 0 Å². The van der Waals surface area contributed by atoms with Crippen molar-refractivity contribution in [2.45, 2.75) is 65.9 Å². The maximum atomic E-state index is 13.8. The molecule has 194 valence electrons. The number of carbonyl (C=O) groups excluding carboxylic acids is 2. The number of nitrogens with zero attached hydrogens (tertiary/aromatic N) is 1. The fourth-order valence-electron chi connectivity index (χ4n) is 6.09. The maximum absolute atomic E-state index is 13.8. The predicted molar refractivity (Wildman–Crippen MR) is 151 cm³/mol. The first-order valence-electron chi connectivity index (χ1n) is 12.8. The number of allylic oxidation sites excluding steroid dienone is 4. The second-order valence-corrected chi connectivity index (χ2v) is 13.5. The monoisotopic (exact) mass is 581 g/mol. The number of ether oxygens (including phenoxy) is 1. The molecule has 2 aliphatic carbocycles. The third-order valence-corrected chi connectivity index (χ3v) is 8.52. The van der Waals surface area contributed by atoms with Gasteiger partial charge in [0.1, 0.15) is 12.4 Å². The van der Waals surface area contributed by atoms with E-state index in [1.165, 1.54) is 0 Å². The molecule has 1 aliphatic heterocycles. The molecule has 0 radical (unpaired) electrons. The Morgan fingerprint density at radius 1 is 0.892 bits per heavy atom. The minimum atomic E-state index is -0.439. The molecule has 3 aliphatic rings. The quantitative estimate of drug-likeness (QED) is 0.366. The van der Waals surface area contributed by atoms with Gasteiger partial charge in [-0.2, -0.15) is 0 Å². The van der Waals surface area contributed by atoms with Gasteiger partial charge >= 0.3 is 0 Å². The van der Waals surface area contributed by atoms with Gasteiger partial charge in [-0.15, -0.1) is 0 Å². The molecule has 37 heavy (non-hydrogen) atoms. The third-order valence-electron chi connectivity index (χ3n) is 7.77. The molecule has 0 aromatic heterocycles. The Balaban J connectivity index is 1.67. The molecular formula is C31H33BrClNO3. The van der Waals surface area contributed by atoms with E-state index in [-0.39, 0.29) is 22.4 Å². The molecule has 4 nitrogen and oxygen atoms in total. The lowest BCUT2D eigenvalue weighted by Crippen LogP contribution is -2.43. The number of hydrogen-bond acceptors (Lipinski definition) is 4. The van der Waals surface area contributed by atoms with Crippen molar-refractivity contribution in [3.05, 3.63) is 85.6 Å². The van der Waals surface area contributed by atoms with E-state index in [1.807, 2.05) is 49.5 Å². The lowest BCUT2D eigenvalue weighted by Gasteiger charge is -2.48. The molecule has 0 saturated carbocycles. The summed E-state index contributed by atoms with van der Waals surface area (Å²) in [7, 11) is 2.03. The number of halogens is 2. The lowest BCUT2D eigenvalue weighted by atomic mass is 9.63. The van der Waals surface area contributed by atoms with Crippen LogP contribution < -0.4 is 4.74 Å². The second-order valence-electron chi connectivity index (χ2n) is 12.2. The fourth-order valence-corrected chi connectivity index (χ4v) is 6.60. The van der Waals surface area contributed by atoms with Crippen molar-refractivity contribution in [2.75, 3.05) is 7.05 Å². The molecule has 6 heteroatoms. The average Bonchev–Trinajstić information content (AvgIpc) is 2.79. The zero-order valence-corrected chi connectivity index (χ0v) is 24.4. The summed E-state index contributed by atoms with van der Waals surface area (Å²) in [5.74, 6) is 0.486. The highest BCUT2D eigenvalue weighted by Crippen LogP contribution is 2.55. The van der Waals surface area contributed by atoms with E-state index in [0.29, 0.717) is 30.2 Å². The number of carbonyl (C=O) groups is 2. The van der Waals surface area contributed by atoms with Gasteiger partial charge in [0.25, 0.3) is 0 Å². The van der Waals surface area contributed by atoms with Gasteiger partial charge in [-0.1, -0.05) is 67.4 Å². The molecule has 0 atom stereocenters. The van der Waals surface area contributed by atoms with Gasteiger partial charge in [0.05, 0.1) is 0 Å². The van der Waals surface area contributed by atoms with Crippen molar-refractivity contribution in [3.63, 3.8) is 0 Å². The van der Waals surface area contributed by atoms with Crippen molar-refractivity contribution >= 4 is 39.1 Å². The van der Waals surface area contributed by atoms with Crippen molar-refractivity contribution in [1.82, 2.24) is 4.90 Å². The molecular weight excluding hydrogens is 550 g/mol. The fraction of sp³-hybridized carbons (Fsp3) is 0.419. The summed E-state index contributed by atoms with van der Waals surface area (Å²) < 4.78 is 7.25. The predicted octanol–water partition coefficient (Wildman–Crippen LogP) is 8.00. The average molecular weight is 583 g/mol. The first-order valence-corrected chi connectivity index (χ1v) is 14.0. The summed E-state index contributed by atoms with van der Waals surface area (Å²) in [6, 6.07) is 13.5.